The maximum Gasteiger partial charge on any atom is 0.277 e. The standard InChI is InChI=1S/C20H25N3O3S/c24-27(25)20(11-6-14-22-15-12-21-13-16-22)26-19-10-5-4-9-18(19)23(27)17-7-2-1-3-8-17/h1-5,7-10,20-21H,6,11-16H2. The van der Waals surface area contributed by atoms with Crippen LogP contribution in [0.2, 0.25) is 0 Å². The molecular formula is C20H25N3O3S. The molecule has 6 nitrogen and oxygen atoms in total. The Balaban J connectivity index is 1.56. The van der Waals surface area contributed by atoms with Gasteiger partial charge in [0.1, 0.15) is 5.75 Å². The summed E-state index contributed by atoms with van der Waals surface area (Å²) >= 11 is 0. The molecule has 2 heterocycles. The first-order chi connectivity index (χ1) is 13.2. The lowest BCUT2D eigenvalue weighted by Crippen LogP contribution is -2.45. The molecule has 2 aliphatic heterocycles. The van der Waals surface area contributed by atoms with Crippen LogP contribution in [0.5, 0.6) is 5.75 Å². The molecule has 0 saturated carbocycles. The third-order valence-electron chi connectivity index (χ3n) is 5.04. The SMILES string of the molecule is O=S1(=O)C(CCCN2CCNCC2)Oc2ccccc2N1c1ccccc1. The number of hydrogen-bond donors (Lipinski definition) is 1. The molecule has 0 bridgehead atoms. The lowest BCUT2D eigenvalue weighted by molar-refractivity contribution is 0.212. The highest BCUT2D eigenvalue weighted by Crippen LogP contribution is 2.42. The Morgan fingerprint density at radius 1 is 1.00 bits per heavy atom. The molecule has 27 heavy (non-hydrogen) atoms. The molecule has 0 amide bonds. The van der Waals surface area contributed by atoms with Crippen LogP contribution in [-0.4, -0.2) is 51.5 Å². The van der Waals surface area contributed by atoms with E-state index >= 15 is 0 Å². The summed E-state index contributed by atoms with van der Waals surface area (Å²) in [7, 11) is -3.65. The molecule has 0 aromatic heterocycles. The third-order valence-corrected chi connectivity index (χ3v) is 6.96. The van der Waals surface area contributed by atoms with E-state index < -0.39 is 15.5 Å². The van der Waals surface area contributed by atoms with E-state index in [1.807, 2.05) is 48.5 Å². The van der Waals surface area contributed by atoms with Crippen molar-refractivity contribution in [3.05, 3.63) is 54.6 Å². The van der Waals surface area contributed by atoms with Gasteiger partial charge >= 0.3 is 0 Å². The summed E-state index contributed by atoms with van der Waals surface area (Å²) in [6, 6.07) is 16.5. The molecule has 1 fully saturated rings. The summed E-state index contributed by atoms with van der Waals surface area (Å²) in [6.45, 7) is 4.90. The molecule has 0 aliphatic carbocycles. The smallest absolute Gasteiger partial charge is 0.277 e. The number of fused-ring (bicyclic) bond motifs is 1. The summed E-state index contributed by atoms with van der Waals surface area (Å²) in [5, 5.41) is 3.33. The second-order valence-electron chi connectivity index (χ2n) is 6.89. The van der Waals surface area contributed by atoms with Crippen molar-refractivity contribution in [2.75, 3.05) is 37.0 Å². The maximum atomic E-state index is 13.3. The Morgan fingerprint density at radius 3 is 2.48 bits per heavy atom. The van der Waals surface area contributed by atoms with Crippen molar-refractivity contribution in [2.24, 2.45) is 0 Å². The molecule has 1 N–H and O–H groups in total. The van der Waals surface area contributed by atoms with Crippen LogP contribution >= 0.6 is 0 Å². The molecule has 2 aromatic carbocycles. The van der Waals surface area contributed by atoms with Gasteiger partial charge in [-0.2, -0.15) is 0 Å². The Bertz CT molecular complexity index is 867. The number of anilines is 2. The van der Waals surface area contributed by atoms with Crippen LogP contribution in [-0.2, 0) is 10.0 Å². The number of nitrogens with one attached hydrogen (secondary N) is 1. The average molecular weight is 388 g/mol. The Hall–Kier alpha value is -2.09. The Kier molecular flexibility index (Phi) is 5.33. The van der Waals surface area contributed by atoms with Crippen molar-refractivity contribution in [1.82, 2.24) is 10.2 Å². The van der Waals surface area contributed by atoms with E-state index in [2.05, 4.69) is 10.2 Å². The molecule has 0 radical (unpaired) electrons. The predicted octanol–water partition coefficient (Wildman–Crippen LogP) is 2.56. The van der Waals surface area contributed by atoms with Crippen LogP contribution in [0.4, 0.5) is 11.4 Å². The quantitative estimate of drug-likeness (QED) is 0.854. The highest BCUT2D eigenvalue weighted by molar-refractivity contribution is 7.93. The van der Waals surface area contributed by atoms with Gasteiger partial charge in [0.25, 0.3) is 10.0 Å². The van der Waals surface area contributed by atoms with E-state index in [0.29, 0.717) is 23.5 Å². The van der Waals surface area contributed by atoms with Gasteiger partial charge in [0, 0.05) is 32.6 Å². The van der Waals surface area contributed by atoms with Gasteiger partial charge in [-0.15, -0.1) is 0 Å². The van der Waals surface area contributed by atoms with Crippen molar-refractivity contribution in [3.63, 3.8) is 0 Å². The summed E-state index contributed by atoms with van der Waals surface area (Å²) < 4.78 is 34.0. The third kappa shape index (κ3) is 3.81. The maximum absolute atomic E-state index is 13.3. The first-order valence-electron chi connectivity index (χ1n) is 9.44. The molecule has 4 rings (SSSR count). The fourth-order valence-electron chi connectivity index (χ4n) is 3.66. The van der Waals surface area contributed by atoms with Crippen molar-refractivity contribution >= 4 is 21.4 Å². The molecular weight excluding hydrogens is 362 g/mol. The van der Waals surface area contributed by atoms with Crippen molar-refractivity contribution in [1.29, 1.82) is 0 Å². The van der Waals surface area contributed by atoms with Gasteiger partial charge in [0.05, 0.1) is 11.4 Å². The van der Waals surface area contributed by atoms with Gasteiger partial charge in [-0.25, -0.2) is 12.7 Å². The molecule has 2 aliphatic rings. The molecule has 7 heteroatoms. The molecule has 2 aromatic rings. The molecule has 1 atom stereocenters. The van der Waals surface area contributed by atoms with E-state index in [1.54, 1.807) is 6.07 Å². The summed E-state index contributed by atoms with van der Waals surface area (Å²) in [5.74, 6) is 0.614. The van der Waals surface area contributed by atoms with Gasteiger partial charge in [-0.1, -0.05) is 30.3 Å². The molecule has 0 spiro atoms. The van der Waals surface area contributed by atoms with E-state index in [9.17, 15) is 8.42 Å². The monoisotopic (exact) mass is 387 g/mol. The number of hydrogen-bond acceptors (Lipinski definition) is 5. The van der Waals surface area contributed by atoms with Crippen LogP contribution in [0, 0.1) is 0 Å². The van der Waals surface area contributed by atoms with Gasteiger partial charge in [-0.3, -0.25) is 0 Å². The van der Waals surface area contributed by atoms with Crippen LogP contribution < -0.4 is 14.4 Å². The average Bonchev–Trinajstić information content (AvgIpc) is 2.69. The minimum Gasteiger partial charge on any atom is -0.470 e. The fourth-order valence-corrected chi connectivity index (χ4v) is 5.42. The summed E-state index contributed by atoms with van der Waals surface area (Å²) in [5.41, 5.74) is 0.345. The van der Waals surface area contributed by atoms with Crippen LogP contribution in [0.3, 0.4) is 0 Å². The van der Waals surface area contributed by atoms with E-state index in [-0.39, 0.29) is 0 Å². The van der Waals surface area contributed by atoms with Gasteiger partial charge in [0.2, 0.25) is 5.44 Å². The number of nitrogens with zero attached hydrogens (tertiary/aromatic N) is 2. The lowest BCUT2D eigenvalue weighted by atomic mass is 10.2. The Morgan fingerprint density at radius 2 is 1.70 bits per heavy atom. The highest BCUT2D eigenvalue weighted by Gasteiger charge is 2.40. The second kappa shape index (κ2) is 7.88. The summed E-state index contributed by atoms with van der Waals surface area (Å²) in [6.07, 6.45) is 1.26. The number of para-hydroxylation sites is 3. The van der Waals surface area contributed by atoms with E-state index in [0.717, 1.165) is 39.1 Å². The van der Waals surface area contributed by atoms with E-state index in [1.165, 1.54) is 4.31 Å². The summed E-state index contributed by atoms with van der Waals surface area (Å²) in [4.78, 5) is 2.37. The fraction of sp³-hybridized carbons (Fsp3) is 0.400. The number of benzene rings is 2. The number of ether oxygens (including phenoxy) is 1. The van der Waals surface area contributed by atoms with Crippen molar-refractivity contribution in [3.8, 4) is 5.75 Å². The molecule has 1 saturated heterocycles. The number of rotatable bonds is 5. The van der Waals surface area contributed by atoms with Crippen LogP contribution in [0.15, 0.2) is 54.6 Å². The normalized spacial score (nSPS) is 22.1. The van der Waals surface area contributed by atoms with Gasteiger partial charge in [0.15, 0.2) is 0 Å². The minimum absolute atomic E-state index is 0.476. The Labute approximate surface area is 160 Å². The number of sulfonamides is 1. The zero-order valence-corrected chi connectivity index (χ0v) is 16.1. The lowest BCUT2D eigenvalue weighted by Gasteiger charge is -2.36. The molecule has 144 valence electrons. The van der Waals surface area contributed by atoms with Crippen molar-refractivity contribution in [2.45, 2.75) is 18.3 Å². The van der Waals surface area contributed by atoms with Gasteiger partial charge < -0.3 is 15.0 Å². The number of piperazine rings is 1. The molecule has 1 unspecified atom stereocenters. The first kappa shape index (κ1) is 18.3. The zero-order valence-electron chi connectivity index (χ0n) is 15.3. The van der Waals surface area contributed by atoms with E-state index in [4.69, 9.17) is 4.74 Å². The second-order valence-corrected chi connectivity index (χ2v) is 8.81. The highest BCUT2D eigenvalue weighted by atomic mass is 32.2. The first-order valence-corrected chi connectivity index (χ1v) is 10.9. The van der Waals surface area contributed by atoms with Crippen LogP contribution in [0.25, 0.3) is 0 Å². The van der Waals surface area contributed by atoms with Crippen LogP contribution in [0.1, 0.15) is 12.8 Å². The predicted molar refractivity (Wildman–Crippen MR) is 107 cm³/mol. The topological polar surface area (TPSA) is 61.9 Å². The zero-order chi connectivity index (χ0) is 18.7. The van der Waals surface area contributed by atoms with Crippen molar-refractivity contribution < 1.29 is 13.2 Å². The minimum atomic E-state index is -3.65. The van der Waals surface area contributed by atoms with Gasteiger partial charge in [-0.05, 0) is 37.2 Å². The largest absolute Gasteiger partial charge is 0.470 e.